The molecule has 2 aromatic carbocycles. The summed E-state index contributed by atoms with van der Waals surface area (Å²) in [6.07, 6.45) is 0.479. The van der Waals surface area contributed by atoms with Crippen molar-refractivity contribution in [3.8, 4) is 5.75 Å². The number of ether oxygens (including phenoxy) is 2. The Balaban J connectivity index is 1.78. The van der Waals surface area contributed by atoms with E-state index in [0.717, 1.165) is 11.6 Å². The Hall–Kier alpha value is -3.23. The summed E-state index contributed by atoms with van der Waals surface area (Å²) in [5.74, 6) is -1.53. The molecule has 0 saturated heterocycles. The number of benzene rings is 2. The van der Waals surface area contributed by atoms with Gasteiger partial charge in [-0.2, -0.15) is 8.78 Å². The minimum Gasteiger partial charge on any atom is -0.465 e. The van der Waals surface area contributed by atoms with Crippen molar-refractivity contribution in [1.29, 1.82) is 0 Å². The van der Waals surface area contributed by atoms with E-state index >= 15 is 0 Å². The molecule has 6 nitrogen and oxygen atoms in total. The van der Waals surface area contributed by atoms with Crippen molar-refractivity contribution in [2.24, 2.45) is 0 Å². The second-order valence-corrected chi connectivity index (χ2v) is 5.66. The van der Waals surface area contributed by atoms with Gasteiger partial charge in [-0.15, -0.1) is 0 Å². The second kappa shape index (κ2) is 10.2. The van der Waals surface area contributed by atoms with Gasteiger partial charge in [-0.05, 0) is 42.3 Å². The summed E-state index contributed by atoms with van der Waals surface area (Å²) in [4.78, 5) is 23.3. The highest BCUT2D eigenvalue weighted by atomic mass is 19.3. The number of hydrogen-bond donors (Lipinski definition) is 2. The molecule has 28 heavy (non-hydrogen) atoms. The lowest BCUT2D eigenvalue weighted by atomic mass is 10.1. The van der Waals surface area contributed by atoms with E-state index in [4.69, 9.17) is 0 Å². The number of esters is 1. The van der Waals surface area contributed by atoms with Gasteiger partial charge in [0.25, 0.3) is 0 Å². The zero-order valence-electron chi connectivity index (χ0n) is 15.0. The average Bonchev–Trinajstić information content (AvgIpc) is 2.67. The number of carbonyl (C=O) groups excluding carboxylic acids is 2. The van der Waals surface area contributed by atoms with Gasteiger partial charge in [0.2, 0.25) is 5.91 Å². The molecule has 150 valence electrons. The monoisotopic (exact) mass is 396 g/mol. The molecule has 0 aromatic heterocycles. The predicted octanol–water partition coefficient (Wildman–Crippen LogP) is 2.98. The van der Waals surface area contributed by atoms with E-state index in [1.165, 1.54) is 31.4 Å². The van der Waals surface area contributed by atoms with Crippen molar-refractivity contribution < 1.29 is 32.2 Å². The van der Waals surface area contributed by atoms with E-state index in [0.29, 0.717) is 13.0 Å². The van der Waals surface area contributed by atoms with Crippen LogP contribution in [0.4, 0.5) is 18.9 Å². The number of carbonyl (C=O) groups is 2. The molecule has 2 aromatic rings. The third-order valence-corrected chi connectivity index (χ3v) is 3.71. The topological polar surface area (TPSA) is 76.7 Å². The molecule has 0 heterocycles. The maximum Gasteiger partial charge on any atom is 0.387 e. The van der Waals surface area contributed by atoms with E-state index in [1.807, 2.05) is 0 Å². The van der Waals surface area contributed by atoms with Crippen LogP contribution in [-0.2, 0) is 16.0 Å². The Morgan fingerprint density at radius 3 is 2.46 bits per heavy atom. The molecule has 0 atom stereocenters. The Bertz CT molecular complexity index is 813. The van der Waals surface area contributed by atoms with Crippen molar-refractivity contribution in [1.82, 2.24) is 5.32 Å². The van der Waals surface area contributed by atoms with Gasteiger partial charge in [0, 0.05) is 6.54 Å². The molecule has 0 spiro atoms. The van der Waals surface area contributed by atoms with Crippen LogP contribution in [0.15, 0.2) is 42.5 Å². The molecule has 9 heteroatoms. The van der Waals surface area contributed by atoms with Gasteiger partial charge >= 0.3 is 12.6 Å². The fourth-order valence-corrected chi connectivity index (χ4v) is 2.33. The smallest absolute Gasteiger partial charge is 0.387 e. The van der Waals surface area contributed by atoms with Gasteiger partial charge in [0.05, 0.1) is 24.9 Å². The highest BCUT2D eigenvalue weighted by Gasteiger charge is 2.11. The Kier molecular flexibility index (Phi) is 7.67. The summed E-state index contributed by atoms with van der Waals surface area (Å²) < 4.78 is 46.8. The average molecular weight is 396 g/mol. The molecule has 0 unspecified atom stereocenters. The third-order valence-electron chi connectivity index (χ3n) is 3.71. The number of hydrogen-bond acceptors (Lipinski definition) is 5. The fraction of sp³-hybridized carbons (Fsp3) is 0.263. The van der Waals surface area contributed by atoms with Crippen LogP contribution < -0.4 is 15.4 Å². The van der Waals surface area contributed by atoms with Gasteiger partial charge < -0.3 is 20.1 Å². The Labute approximate surface area is 159 Å². The van der Waals surface area contributed by atoms with Crippen LogP contribution in [0, 0.1) is 5.82 Å². The molecular formula is C19H19F3N2O4. The van der Waals surface area contributed by atoms with Crippen LogP contribution >= 0.6 is 0 Å². The summed E-state index contributed by atoms with van der Waals surface area (Å²) >= 11 is 0. The highest BCUT2D eigenvalue weighted by Crippen LogP contribution is 2.17. The Morgan fingerprint density at radius 2 is 1.82 bits per heavy atom. The van der Waals surface area contributed by atoms with Crippen molar-refractivity contribution >= 4 is 17.6 Å². The lowest BCUT2D eigenvalue weighted by Gasteiger charge is -2.10. The van der Waals surface area contributed by atoms with Gasteiger partial charge in [-0.1, -0.05) is 12.1 Å². The van der Waals surface area contributed by atoms with Crippen molar-refractivity contribution in [3.05, 3.63) is 59.4 Å². The third kappa shape index (κ3) is 6.49. The summed E-state index contributed by atoms with van der Waals surface area (Å²) in [7, 11) is 1.21. The maximum atomic E-state index is 13.8. The van der Waals surface area contributed by atoms with Crippen LogP contribution in [0.3, 0.4) is 0 Å². The molecule has 1 amide bonds. The molecule has 0 aliphatic rings. The van der Waals surface area contributed by atoms with Gasteiger partial charge in [0.15, 0.2) is 0 Å². The van der Waals surface area contributed by atoms with Crippen LogP contribution in [0.1, 0.15) is 15.9 Å². The molecule has 0 fully saturated rings. The number of alkyl halides is 2. The molecule has 2 N–H and O–H groups in total. The standard InChI is InChI=1S/C19H19F3N2O4/c1-27-18(26)13-4-7-15(20)16(10-13)24-11-17(25)23-9-8-12-2-5-14(6-3-12)28-19(21)22/h2-7,10,19,24H,8-9,11H2,1H3,(H,23,25). The Morgan fingerprint density at radius 1 is 1.11 bits per heavy atom. The van der Waals surface area contributed by atoms with Crippen LogP contribution in [0.5, 0.6) is 5.75 Å². The van der Waals surface area contributed by atoms with Crippen LogP contribution in [0.2, 0.25) is 0 Å². The fourth-order valence-electron chi connectivity index (χ4n) is 2.33. The number of rotatable bonds is 9. The number of nitrogens with one attached hydrogen (secondary N) is 2. The van der Waals surface area contributed by atoms with Gasteiger partial charge in [0.1, 0.15) is 11.6 Å². The molecule has 0 aliphatic carbocycles. The summed E-state index contributed by atoms with van der Waals surface area (Å²) in [6.45, 7) is -2.76. The first-order valence-corrected chi connectivity index (χ1v) is 8.31. The van der Waals surface area contributed by atoms with Crippen molar-refractivity contribution in [3.63, 3.8) is 0 Å². The molecule has 2 rings (SSSR count). The molecule has 0 radical (unpaired) electrons. The van der Waals surface area contributed by atoms with Crippen molar-refractivity contribution in [2.45, 2.75) is 13.0 Å². The van der Waals surface area contributed by atoms with Gasteiger partial charge in [-0.3, -0.25) is 4.79 Å². The second-order valence-electron chi connectivity index (χ2n) is 5.66. The summed E-state index contributed by atoms with van der Waals surface area (Å²) in [5, 5.41) is 5.27. The van der Waals surface area contributed by atoms with E-state index in [1.54, 1.807) is 12.1 Å². The largest absolute Gasteiger partial charge is 0.465 e. The first kappa shape index (κ1) is 21.1. The minimum atomic E-state index is -2.88. The maximum absolute atomic E-state index is 13.8. The number of halogens is 3. The van der Waals surface area contributed by atoms with E-state index < -0.39 is 18.4 Å². The van der Waals surface area contributed by atoms with E-state index in [9.17, 15) is 22.8 Å². The predicted molar refractivity (Wildman–Crippen MR) is 96.0 cm³/mol. The zero-order valence-corrected chi connectivity index (χ0v) is 15.0. The van der Waals surface area contributed by atoms with Crippen molar-refractivity contribution in [2.75, 3.05) is 25.5 Å². The summed E-state index contributed by atoms with van der Waals surface area (Å²) in [5.41, 5.74) is 0.991. The number of methoxy groups -OCH3 is 1. The molecule has 0 aliphatic heterocycles. The van der Waals surface area contributed by atoms with Crippen LogP contribution in [-0.4, -0.2) is 38.7 Å². The van der Waals surface area contributed by atoms with E-state index in [2.05, 4.69) is 20.1 Å². The van der Waals surface area contributed by atoms with Crippen LogP contribution in [0.25, 0.3) is 0 Å². The number of anilines is 1. The van der Waals surface area contributed by atoms with E-state index in [-0.39, 0.29) is 29.5 Å². The lowest BCUT2D eigenvalue weighted by Crippen LogP contribution is -2.31. The summed E-state index contributed by atoms with van der Waals surface area (Å²) in [6, 6.07) is 9.73. The minimum absolute atomic E-state index is 0.00710. The lowest BCUT2D eigenvalue weighted by molar-refractivity contribution is -0.119. The normalized spacial score (nSPS) is 10.5. The molecular weight excluding hydrogens is 377 g/mol. The number of amides is 1. The quantitative estimate of drug-likeness (QED) is 0.638. The molecule has 0 saturated carbocycles. The first-order chi connectivity index (χ1) is 13.4. The molecule has 0 bridgehead atoms. The van der Waals surface area contributed by atoms with Gasteiger partial charge in [-0.25, -0.2) is 9.18 Å². The highest BCUT2D eigenvalue weighted by molar-refractivity contribution is 5.90. The first-order valence-electron chi connectivity index (χ1n) is 8.31. The zero-order chi connectivity index (χ0) is 20.5. The SMILES string of the molecule is COC(=O)c1ccc(F)c(NCC(=O)NCCc2ccc(OC(F)F)cc2)c1.